The highest BCUT2D eigenvalue weighted by Crippen LogP contribution is 2.59. The Morgan fingerprint density at radius 3 is 2.78 bits per heavy atom. The van der Waals surface area contributed by atoms with Crippen molar-refractivity contribution in [2.45, 2.75) is 70.2 Å². The Labute approximate surface area is 138 Å². The molecule has 126 valence electrons. The molecule has 4 atom stereocenters. The van der Waals surface area contributed by atoms with Gasteiger partial charge >= 0.3 is 0 Å². The second-order valence-electron chi connectivity index (χ2n) is 8.58. The van der Waals surface area contributed by atoms with Gasteiger partial charge in [0.2, 0.25) is 0 Å². The lowest BCUT2D eigenvalue weighted by Gasteiger charge is -2.48. The molecule has 4 unspecified atom stereocenters. The first kappa shape index (κ1) is 14.7. The Bertz CT molecular complexity index is 584. The van der Waals surface area contributed by atoms with Crippen LogP contribution in [0.1, 0.15) is 58.3 Å². The normalized spacial score (nSPS) is 44.8. The van der Waals surface area contributed by atoms with Crippen LogP contribution in [-0.4, -0.2) is 30.2 Å². The van der Waals surface area contributed by atoms with Crippen molar-refractivity contribution in [2.75, 3.05) is 13.2 Å². The lowest BCUT2D eigenvalue weighted by molar-refractivity contribution is -0.164. The number of allylic oxidation sites excluding steroid dienone is 3. The number of fused-ring (bicyclic) bond motifs is 4. The minimum absolute atomic E-state index is 0.101. The predicted molar refractivity (Wildman–Crippen MR) is 87.8 cm³/mol. The highest BCUT2D eigenvalue weighted by molar-refractivity contribution is 5.44. The quantitative estimate of drug-likeness (QED) is 0.740. The van der Waals surface area contributed by atoms with Crippen LogP contribution in [0.3, 0.4) is 0 Å². The van der Waals surface area contributed by atoms with E-state index in [1.54, 1.807) is 16.7 Å². The Hall–Kier alpha value is -0.640. The van der Waals surface area contributed by atoms with E-state index in [1.165, 1.54) is 19.3 Å². The van der Waals surface area contributed by atoms with Crippen LogP contribution in [-0.2, 0) is 9.47 Å². The predicted octanol–water partition coefficient (Wildman–Crippen LogP) is 3.73. The summed E-state index contributed by atoms with van der Waals surface area (Å²) in [5.41, 5.74) is 4.99. The minimum atomic E-state index is -0.293. The first-order chi connectivity index (χ1) is 11.1. The molecule has 1 N–H and O–H groups in total. The van der Waals surface area contributed by atoms with Gasteiger partial charge in [0, 0.05) is 18.3 Å². The molecule has 1 spiro atoms. The second kappa shape index (κ2) is 4.93. The van der Waals surface area contributed by atoms with E-state index < -0.39 is 0 Å². The maximum Gasteiger partial charge on any atom is 0.172 e. The van der Waals surface area contributed by atoms with Crippen LogP contribution in [0.5, 0.6) is 0 Å². The topological polar surface area (TPSA) is 38.7 Å². The molecule has 0 radical (unpaired) electrons. The molecular formula is C20H28O3. The number of ether oxygens (including phenoxy) is 2. The number of hydrogen-bond acceptors (Lipinski definition) is 3. The smallest absolute Gasteiger partial charge is 0.172 e. The highest BCUT2D eigenvalue weighted by Gasteiger charge is 2.53. The van der Waals surface area contributed by atoms with E-state index in [0.717, 1.165) is 45.3 Å². The summed E-state index contributed by atoms with van der Waals surface area (Å²) in [6.45, 7) is 3.83. The van der Waals surface area contributed by atoms with Crippen molar-refractivity contribution in [2.24, 2.45) is 17.3 Å². The molecule has 5 aliphatic rings. The first-order valence-electron chi connectivity index (χ1n) is 9.49. The summed E-state index contributed by atoms with van der Waals surface area (Å²) < 4.78 is 11.9. The van der Waals surface area contributed by atoms with E-state index in [9.17, 15) is 5.11 Å². The fourth-order valence-electron chi connectivity index (χ4n) is 6.27. The molecule has 0 aromatic carbocycles. The van der Waals surface area contributed by atoms with Crippen molar-refractivity contribution in [3.63, 3.8) is 0 Å². The number of aliphatic hydroxyl groups excluding tert-OH is 1. The first-order valence-corrected chi connectivity index (χ1v) is 9.49. The maximum absolute atomic E-state index is 10.5. The monoisotopic (exact) mass is 316 g/mol. The molecule has 1 aliphatic heterocycles. The molecule has 1 heterocycles. The minimum Gasteiger partial charge on any atom is -0.393 e. The van der Waals surface area contributed by atoms with Gasteiger partial charge in [0.25, 0.3) is 0 Å². The molecule has 0 aromatic rings. The molecule has 3 nitrogen and oxygen atoms in total. The lowest BCUT2D eigenvalue weighted by atomic mass is 9.58. The standard InChI is InChI=1S/C20H28O3/c1-19-8-6-15-14-7-9-20(22-10-11-23-20)12-13(14)2-3-16(15)17(19)4-5-18(19)21/h6,16-18,21H,2-5,7-12H2,1H3. The molecule has 1 saturated carbocycles. The van der Waals surface area contributed by atoms with Gasteiger partial charge < -0.3 is 14.6 Å². The number of hydrogen-bond donors (Lipinski definition) is 1. The van der Waals surface area contributed by atoms with Crippen LogP contribution in [0, 0.1) is 17.3 Å². The molecule has 0 amide bonds. The van der Waals surface area contributed by atoms with Crippen molar-refractivity contribution in [1.82, 2.24) is 0 Å². The van der Waals surface area contributed by atoms with Gasteiger partial charge in [-0.1, -0.05) is 18.6 Å². The fraction of sp³-hybridized carbons (Fsp3) is 0.800. The zero-order valence-corrected chi connectivity index (χ0v) is 14.1. The van der Waals surface area contributed by atoms with Gasteiger partial charge in [-0.2, -0.15) is 0 Å². The zero-order valence-electron chi connectivity index (χ0n) is 14.1. The Balaban J connectivity index is 1.48. The van der Waals surface area contributed by atoms with Crippen LogP contribution in [0.25, 0.3) is 0 Å². The average molecular weight is 316 g/mol. The van der Waals surface area contributed by atoms with E-state index in [-0.39, 0.29) is 17.3 Å². The molecule has 3 heteroatoms. The summed E-state index contributed by atoms with van der Waals surface area (Å²) in [5.74, 6) is 1.07. The lowest BCUT2D eigenvalue weighted by Crippen LogP contribution is -2.42. The fourth-order valence-corrected chi connectivity index (χ4v) is 6.27. The molecular weight excluding hydrogens is 288 g/mol. The van der Waals surface area contributed by atoms with Gasteiger partial charge in [-0.3, -0.25) is 0 Å². The van der Waals surface area contributed by atoms with E-state index in [1.807, 2.05) is 0 Å². The van der Waals surface area contributed by atoms with Crippen molar-refractivity contribution >= 4 is 0 Å². The third-order valence-corrected chi connectivity index (χ3v) is 7.59. The van der Waals surface area contributed by atoms with Gasteiger partial charge in [0.05, 0.1) is 19.3 Å². The SMILES string of the molecule is CC12CC=C3C4=C(CCC3C1CCC2O)CC1(CC4)OCCO1. The summed E-state index contributed by atoms with van der Waals surface area (Å²) in [6.07, 6.45) is 11.2. The Morgan fingerprint density at radius 1 is 1.13 bits per heavy atom. The van der Waals surface area contributed by atoms with E-state index >= 15 is 0 Å². The van der Waals surface area contributed by atoms with Crippen LogP contribution in [0.2, 0.25) is 0 Å². The van der Waals surface area contributed by atoms with Gasteiger partial charge in [-0.15, -0.1) is 0 Å². The molecule has 5 rings (SSSR count). The molecule has 1 saturated heterocycles. The summed E-state index contributed by atoms with van der Waals surface area (Å²) >= 11 is 0. The number of rotatable bonds is 0. The van der Waals surface area contributed by atoms with Crippen LogP contribution in [0.4, 0.5) is 0 Å². The third kappa shape index (κ3) is 1.99. The third-order valence-electron chi connectivity index (χ3n) is 7.59. The largest absolute Gasteiger partial charge is 0.393 e. The average Bonchev–Trinajstić information content (AvgIpc) is 3.12. The zero-order chi connectivity index (χ0) is 15.7. The van der Waals surface area contributed by atoms with Gasteiger partial charge in [-0.25, -0.2) is 0 Å². The summed E-state index contributed by atoms with van der Waals surface area (Å²) in [5, 5.41) is 10.5. The van der Waals surface area contributed by atoms with E-state index in [4.69, 9.17) is 9.47 Å². The summed E-state index contributed by atoms with van der Waals surface area (Å²) in [4.78, 5) is 0. The van der Waals surface area contributed by atoms with Crippen LogP contribution < -0.4 is 0 Å². The number of aliphatic hydroxyl groups is 1. The maximum atomic E-state index is 10.5. The molecule has 0 bridgehead atoms. The molecule has 23 heavy (non-hydrogen) atoms. The van der Waals surface area contributed by atoms with Crippen molar-refractivity contribution in [3.8, 4) is 0 Å². The van der Waals surface area contributed by atoms with Gasteiger partial charge in [-0.05, 0) is 61.5 Å². The van der Waals surface area contributed by atoms with Crippen molar-refractivity contribution in [1.29, 1.82) is 0 Å². The van der Waals surface area contributed by atoms with Crippen LogP contribution in [0.15, 0.2) is 22.8 Å². The van der Waals surface area contributed by atoms with Gasteiger partial charge in [0.1, 0.15) is 0 Å². The molecule has 2 fully saturated rings. The summed E-state index contributed by atoms with van der Waals surface area (Å²) in [6, 6.07) is 0. The second-order valence-corrected chi connectivity index (χ2v) is 8.58. The Kier molecular flexibility index (Phi) is 3.15. The molecule has 0 aromatic heterocycles. The van der Waals surface area contributed by atoms with E-state index in [0.29, 0.717) is 11.8 Å². The van der Waals surface area contributed by atoms with Crippen molar-refractivity contribution < 1.29 is 14.6 Å². The summed E-state index contributed by atoms with van der Waals surface area (Å²) in [7, 11) is 0. The van der Waals surface area contributed by atoms with E-state index in [2.05, 4.69) is 13.0 Å². The van der Waals surface area contributed by atoms with Crippen LogP contribution >= 0.6 is 0 Å². The Morgan fingerprint density at radius 2 is 1.96 bits per heavy atom. The van der Waals surface area contributed by atoms with Gasteiger partial charge in [0.15, 0.2) is 5.79 Å². The highest BCUT2D eigenvalue weighted by atomic mass is 16.7. The molecule has 4 aliphatic carbocycles. The van der Waals surface area contributed by atoms with Crippen molar-refractivity contribution in [3.05, 3.63) is 22.8 Å².